The fourth-order valence-corrected chi connectivity index (χ4v) is 2.22. The van der Waals surface area contributed by atoms with E-state index in [4.69, 9.17) is 5.26 Å². The molecule has 0 spiro atoms. The van der Waals surface area contributed by atoms with E-state index in [1.165, 1.54) is 12.8 Å². The van der Waals surface area contributed by atoms with Gasteiger partial charge in [0.15, 0.2) is 0 Å². The van der Waals surface area contributed by atoms with Crippen molar-refractivity contribution >= 4 is 5.91 Å². The molecule has 1 unspecified atom stereocenters. The first kappa shape index (κ1) is 14.5. The first-order valence-electron chi connectivity index (χ1n) is 7.12. The molecule has 1 saturated carbocycles. The van der Waals surface area contributed by atoms with Gasteiger partial charge in [0.05, 0.1) is 6.07 Å². The molecule has 0 radical (unpaired) electrons. The van der Waals surface area contributed by atoms with Gasteiger partial charge in [0.25, 0.3) is 0 Å². The van der Waals surface area contributed by atoms with Crippen molar-refractivity contribution in [2.75, 3.05) is 20.1 Å². The first-order chi connectivity index (χ1) is 9.70. The molecular weight excluding hydrogens is 250 g/mol. The fraction of sp³-hybridized carbons (Fsp3) is 0.500. The van der Waals surface area contributed by atoms with Crippen LogP contribution in [0.4, 0.5) is 0 Å². The Labute approximate surface area is 120 Å². The van der Waals surface area contributed by atoms with Crippen molar-refractivity contribution in [3.05, 3.63) is 35.9 Å². The SMILES string of the molecule is CN(CCNC(=O)C(C#N)Cc1ccccc1)C1CC1. The molecule has 4 heteroatoms. The number of hydrogen-bond donors (Lipinski definition) is 1. The van der Waals surface area contributed by atoms with Crippen LogP contribution >= 0.6 is 0 Å². The summed E-state index contributed by atoms with van der Waals surface area (Å²) in [6.45, 7) is 1.46. The second kappa shape index (κ2) is 7.06. The summed E-state index contributed by atoms with van der Waals surface area (Å²) < 4.78 is 0. The van der Waals surface area contributed by atoms with Crippen LogP contribution < -0.4 is 5.32 Å². The maximum absolute atomic E-state index is 12.0. The van der Waals surface area contributed by atoms with Gasteiger partial charge in [0.1, 0.15) is 5.92 Å². The van der Waals surface area contributed by atoms with Gasteiger partial charge in [-0.15, -0.1) is 0 Å². The fourth-order valence-electron chi connectivity index (χ4n) is 2.22. The van der Waals surface area contributed by atoms with Crippen molar-refractivity contribution in [2.45, 2.75) is 25.3 Å². The van der Waals surface area contributed by atoms with Crippen LogP contribution in [0.1, 0.15) is 18.4 Å². The predicted octanol–water partition coefficient (Wildman–Crippen LogP) is 1.58. The Hall–Kier alpha value is -1.86. The second-order valence-electron chi connectivity index (χ2n) is 5.37. The molecule has 20 heavy (non-hydrogen) atoms. The monoisotopic (exact) mass is 271 g/mol. The van der Waals surface area contributed by atoms with Gasteiger partial charge in [-0.25, -0.2) is 0 Å². The normalized spacial score (nSPS) is 15.7. The van der Waals surface area contributed by atoms with E-state index in [0.717, 1.165) is 12.1 Å². The van der Waals surface area contributed by atoms with Crippen LogP contribution in [-0.2, 0) is 11.2 Å². The molecule has 4 nitrogen and oxygen atoms in total. The molecule has 0 bridgehead atoms. The minimum atomic E-state index is -0.608. The zero-order chi connectivity index (χ0) is 14.4. The van der Waals surface area contributed by atoms with Crippen LogP contribution in [0.5, 0.6) is 0 Å². The van der Waals surface area contributed by atoms with Gasteiger partial charge in [0, 0.05) is 19.1 Å². The number of nitrogens with one attached hydrogen (secondary N) is 1. The topological polar surface area (TPSA) is 56.1 Å². The molecule has 106 valence electrons. The van der Waals surface area contributed by atoms with Crippen LogP contribution in [0.2, 0.25) is 0 Å². The van der Waals surface area contributed by atoms with Gasteiger partial charge in [-0.1, -0.05) is 30.3 Å². The van der Waals surface area contributed by atoms with Crippen LogP contribution in [0.3, 0.4) is 0 Å². The molecule has 1 aromatic carbocycles. The molecule has 1 fully saturated rings. The molecule has 0 aliphatic heterocycles. The third-order valence-corrected chi connectivity index (χ3v) is 3.69. The average molecular weight is 271 g/mol. The Kier molecular flexibility index (Phi) is 5.14. The molecule has 1 aliphatic rings. The number of nitrogens with zero attached hydrogens (tertiary/aromatic N) is 2. The number of benzene rings is 1. The molecule has 2 rings (SSSR count). The lowest BCUT2D eigenvalue weighted by molar-refractivity contribution is -0.123. The maximum atomic E-state index is 12.0. The number of rotatable bonds is 7. The van der Waals surface area contributed by atoms with Crippen LogP contribution in [0, 0.1) is 17.2 Å². The predicted molar refractivity (Wildman–Crippen MR) is 77.9 cm³/mol. The Morgan fingerprint density at radius 2 is 2.15 bits per heavy atom. The highest BCUT2D eigenvalue weighted by Crippen LogP contribution is 2.24. The van der Waals surface area contributed by atoms with E-state index in [1.54, 1.807) is 0 Å². The van der Waals surface area contributed by atoms with Crippen molar-refractivity contribution in [1.82, 2.24) is 10.2 Å². The van der Waals surface area contributed by atoms with E-state index < -0.39 is 5.92 Å². The summed E-state index contributed by atoms with van der Waals surface area (Å²) in [7, 11) is 2.08. The smallest absolute Gasteiger partial charge is 0.237 e. The number of amides is 1. The quantitative estimate of drug-likeness (QED) is 0.819. The number of nitriles is 1. The van der Waals surface area contributed by atoms with Crippen molar-refractivity contribution in [3.8, 4) is 6.07 Å². The van der Waals surface area contributed by atoms with E-state index in [1.807, 2.05) is 30.3 Å². The van der Waals surface area contributed by atoms with Crippen molar-refractivity contribution in [1.29, 1.82) is 5.26 Å². The van der Waals surface area contributed by atoms with Crippen LogP contribution in [0.15, 0.2) is 30.3 Å². The van der Waals surface area contributed by atoms with Crippen LogP contribution in [0.25, 0.3) is 0 Å². The molecule has 0 heterocycles. The molecule has 1 atom stereocenters. The van der Waals surface area contributed by atoms with Gasteiger partial charge in [0.2, 0.25) is 5.91 Å². The van der Waals surface area contributed by atoms with Crippen molar-refractivity contribution < 1.29 is 4.79 Å². The van der Waals surface area contributed by atoms with Gasteiger partial charge in [-0.3, -0.25) is 4.79 Å². The summed E-state index contributed by atoms with van der Waals surface area (Å²) in [5, 5.41) is 12.0. The Morgan fingerprint density at radius 3 is 2.75 bits per heavy atom. The molecular formula is C16H21N3O. The zero-order valence-corrected chi connectivity index (χ0v) is 11.9. The van der Waals surface area contributed by atoms with Gasteiger partial charge in [-0.05, 0) is 31.9 Å². The summed E-state index contributed by atoms with van der Waals surface area (Å²) in [5.74, 6) is -0.774. The Morgan fingerprint density at radius 1 is 1.45 bits per heavy atom. The Balaban J connectivity index is 1.75. The Bertz CT molecular complexity index is 476. The van der Waals surface area contributed by atoms with Crippen molar-refractivity contribution in [2.24, 2.45) is 5.92 Å². The number of hydrogen-bond acceptors (Lipinski definition) is 3. The molecule has 0 aromatic heterocycles. The van der Waals surface area contributed by atoms with Gasteiger partial charge < -0.3 is 10.2 Å². The highest BCUT2D eigenvalue weighted by molar-refractivity contribution is 5.81. The average Bonchev–Trinajstić information content (AvgIpc) is 3.30. The minimum Gasteiger partial charge on any atom is -0.354 e. The summed E-state index contributed by atoms with van der Waals surface area (Å²) >= 11 is 0. The van der Waals surface area contributed by atoms with Gasteiger partial charge in [-0.2, -0.15) is 5.26 Å². The number of likely N-dealkylation sites (N-methyl/N-ethyl adjacent to an activating group) is 1. The number of carbonyl (C=O) groups excluding carboxylic acids is 1. The van der Waals surface area contributed by atoms with E-state index >= 15 is 0 Å². The molecule has 1 amide bonds. The number of carbonyl (C=O) groups is 1. The molecule has 1 N–H and O–H groups in total. The lowest BCUT2D eigenvalue weighted by atomic mass is 10.00. The summed E-state index contributed by atoms with van der Waals surface area (Å²) in [6, 6.07) is 12.5. The van der Waals surface area contributed by atoms with E-state index in [9.17, 15) is 4.79 Å². The lowest BCUT2D eigenvalue weighted by Gasteiger charge is -2.16. The second-order valence-corrected chi connectivity index (χ2v) is 5.37. The zero-order valence-electron chi connectivity index (χ0n) is 11.9. The molecule has 1 aromatic rings. The van der Waals surface area contributed by atoms with Crippen molar-refractivity contribution in [3.63, 3.8) is 0 Å². The molecule has 1 aliphatic carbocycles. The highest BCUT2D eigenvalue weighted by atomic mass is 16.1. The van der Waals surface area contributed by atoms with Crippen LogP contribution in [-0.4, -0.2) is 37.0 Å². The summed E-state index contributed by atoms with van der Waals surface area (Å²) in [5.41, 5.74) is 1.02. The third kappa shape index (κ3) is 4.36. The largest absolute Gasteiger partial charge is 0.354 e. The van der Waals surface area contributed by atoms with Gasteiger partial charge >= 0.3 is 0 Å². The summed E-state index contributed by atoms with van der Waals surface area (Å²) in [6.07, 6.45) is 3.00. The standard InChI is InChI=1S/C16H21N3O/c1-19(15-7-8-15)10-9-18-16(20)14(12-17)11-13-5-3-2-4-6-13/h2-6,14-15H,7-11H2,1H3,(H,18,20). The van der Waals surface area contributed by atoms with E-state index in [0.29, 0.717) is 19.0 Å². The summed E-state index contributed by atoms with van der Waals surface area (Å²) in [4.78, 5) is 14.3. The third-order valence-electron chi connectivity index (χ3n) is 3.69. The van der Waals surface area contributed by atoms with E-state index in [2.05, 4.69) is 23.3 Å². The minimum absolute atomic E-state index is 0.166. The van der Waals surface area contributed by atoms with E-state index in [-0.39, 0.29) is 5.91 Å². The highest BCUT2D eigenvalue weighted by Gasteiger charge is 2.25. The lowest BCUT2D eigenvalue weighted by Crippen LogP contribution is -2.37. The molecule has 0 saturated heterocycles. The maximum Gasteiger partial charge on any atom is 0.237 e. The first-order valence-corrected chi connectivity index (χ1v) is 7.12.